The lowest BCUT2D eigenvalue weighted by Gasteiger charge is -2.14. The fraction of sp³-hybridized carbons (Fsp3) is 0.385. The van der Waals surface area contributed by atoms with Crippen LogP contribution in [0.1, 0.15) is 17.3 Å². The molecule has 19 heavy (non-hydrogen) atoms. The Labute approximate surface area is 111 Å². The number of carbonyl (C=O) groups excluding carboxylic acids is 2. The summed E-state index contributed by atoms with van der Waals surface area (Å²) in [4.78, 5) is 23.2. The number of hydrogen-bond donors (Lipinski definition) is 2. The van der Waals surface area contributed by atoms with Gasteiger partial charge in [0, 0.05) is 12.1 Å². The van der Waals surface area contributed by atoms with E-state index in [9.17, 15) is 9.59 Å². The number of ether oxygens (including phenoxy) is 2. The first-order chi connectivity index (χ1) is 9.12. The van der Waals surface area contributed by atoms with Gasteiger partial charge in [0.05, 0.1) is 13.7 Å². The molecule has 0 aliphatic rings. The lowest BCUT2D eigenvalue weighted by molar-refractivity contribution is -0.142. The first-order valence-electron chi connectivity index (χ1n) is 5.94. The second kappa shape index (κ2) is 7.38. The number of nitrogens with one attached hydrogen (secondary N) is 1. The van der Waals surface area contributed by atoms with Gasteiger partial charge in [-0.2, -0.15) is 0 Å². The van der Waals surface area contributed by atoms with E-state index in [1.807, 2.05) is 6.92 Å². The van der Waals surface area contributed by atoms with Crippen molar-refractivity contribution < 1.29 is 19.1 Å². The van der Waals surface area contributed by atoms with Gasteiger partial charge >= 0.3 is 5.97 Å². The lowest BCUT2D eigenvalue weighted by atomic mass is 10.2. The number of benzene rings is 1. The average Bonchev–Trinajstić information content (AvgIpc) is 2.44. The van der Waals surface area contributed by atoms with E-state index in [0.717, 1.165) is 0 Å². The first-order valence-corrected chi connectivity index (χ1v) is 5.94. The molecule has 0 unspecified atom stereocenters. The van der Waals surface area contributed by atoms with Gasteiger partial charge < -0.3 is 20.5 Å². The Hall–Kier alpha value is -2.08. The van der Waals surface area contributed by atoms with Crippen molar-refractivity contribution in [2.75, 3.05) is 20.3 Å². The van der Waals surface area contributed by atoms with Crippen LogP contribution in [-0.2, 0) is 9.53 Å². The highest BCUT2D eigenvalue weighted by atomic mass is 16.5. The molecule has 0 saturated heterocycles. The van der Waals surface area contributed by atoms with Crippen molar-refractivity contribution in [1.82, 2.24) is 5.32 Å². The molecule has 0 fully saturated rings. The predicted octanol–water partition coefficient (Wildman–Crippen LogP) is 0.315. The molecule has 0 bridgehead atoms. The van der Waals surface area contributed by atoms with Crippen LogP contribution in [0.3, 0.4) is 0 Å². The topological polar surface area (TPSA) is 90.6 Å². The summed E-state index contributed by atoms with van der Waals surface area (Å²) in [7, 11) is 1.24. The van der Waals surface area contributed by atoms with Crippen molar-refractivity contribution in [2.24, 2.45) is 5.73 Å². The van der Waals surface area contributed by atoms with Crippen molar-refractivity contribution in [2.45, 2.75) is 13.0 Å². The Kier molecular flexibility index (Phi) is 5.81. The largest absolute Gasteiger partial charge is 0.494 e. The Morgan fingerprint density at radius 1 is 1.32 bits per heavy atom. The highest BCUT2D eigenvalue weighted by Gasteiger charge is 2.20. The maximum absolute atomic E-state index is 11.9. The molecule has 0 spiro atoms. The molecule has 0 saturated carbocycles. The van der Waals surface area contributed by atoms with Crippen molar-refractivity contribution >= 4 is 11.9 Å². The highest BCUT2D eigenvalue weighted by molar-refractivity contribution is 5.96. The Balaban J connectivity index is 2.69. The van der Waals surface area contributed by atoms with E-state index in [0.29, 0.717) is 17.9 Å². The van der Waals surface area contributed by atoms with E-state index in [-0.39, 0.29) is 12.5 Å². The smallest absolute Gasteiger partial charge is 0.329 e. The third kappa shape index (κ3) is 4.26. The van der Waals surface area contributed by atoms with Crippen LogP contribution in [0.25, 0.3) is 0 Å². The summed E-state index contributed by atoms with van der Waals surface area (Å²) in [5.41, 5.74) is 5.83. The number of nitrogens with two attached hydrogens (primary N) is 1. The van der Waals surface area contributed by atoms with E-state index in [1.165, 1.54) is 7.11 Å². The van der Waals surface area contributed by atoms with Crippen LogP contribution in [0.15, 0.2) is 24.3 Å². The molecule has 0 aliphatic carbocycles. The van der Waals surface area contributed by atoms with Crippen LogP contribution in [0.2, 0.25) is 0 Å². The van der Waals surface area contributed by atoms with Crippen LogP contribution >= 0.6 is 0 Å². The molecule has 0 aliphatic heterocycles. The van der Waals surface area contributed by atoms with Crippen molar-refractivity contribution in [3.05, 3.63) is 29.8 Å². The maximum atomic E-state index is 11.9. The molecule has 1 atom stereocenters. The Bertz CT molecular complexity index is 431. The molecular formula is C13H18N2O4. The SMILES string of the molecule is CCOc1ccc(C(=O)N[C@@H](CN)C(=O)OC)cc1. The van der Waals surface area contributed by atoms with Gasteiger partial charge in [0.25, 0.3) is 5.91 Å². The minimum atomic E-state index is -0.843. The first kappa shape index (κ1) is 15.0. The van der Waals surface area contributed by atoms with Gasteiger partial charge in [0.1, 0.15) is 11.8 Å². The van der Waals surface area contributed by atoms with E-state index < -0.39 is 12.0 Å². The number of methoxy groups -OCH3 is 1. The van der Waals surface area contributed by atoms with E-state index >= 15 is 0 Å². The molecular weight excluding hydrogens is 248 g/mol. The van der Waals surface area contributed by atoms with E-state index in [1.54, 1.807) is 24.3 Å². The molecule has 1 amide bonds. The third-order valence-corrected chi connectivity index (χ3v) is 2.45. The van der Waals surface area contributed by atoms with Crippen LogP contribution in [-0.4, -0.2) is 38.2 Å². The van der Waals surface area contributed by atoms with Crippen LogP contribution in [0.4, 0.5) is 0 Å². The molecule has 0 radical (unpaired) electrons. The minimum absolute atomic E-state index is 0.0184. The summed E-state index contributed by atoms with van der Waals surface area (Å²) < 4.78 is 9.81. The molecule has 1 aromatic rings. The van der Waals surface area contributed by atoms with Crippen LogP contribution in [0, 0.1) is 0 Å². The van der Waals surface area contributed by atoms with Crippen LogP contribution in [0.5, 0.6) is 5.75 Å². The normalized spacial score (nSPS) is 11.5. The summed E-state index contributed by atoms with van der Waals surface area (Å²) >= 11 is 0. The summed E-state index contributed by atoms with van der Waals surface area (Å²) in [6.45, 7) is 2.42. The summed E-state index contributed by atoms with van der Waals surface area (Å²) in [6.07, 6.45) is 0. The lowest BCUT2D eigenvalue weighted by Crippen LogP contribution is -2.46. The van der Waals surface area contributed by atoms with E-state index in [4.69, 9.17) is 10.5 Å². The van der Waals surface area contributed by atoms with Crippen molar-refractivity contribution in [1.29, 1.82) is 0 Å². The van der Waals surface area contributed by atoms with Gasteiger partial charge in [-0.25, -0.2) is 4.79 Å². The number of amides is 1. The zero-order valence-electron chi connectivity index (χ0n) is 11.0. The molecule has 1 aromatic carbocycles. The number of carbonyl (C=O) groups is 2. The maximum Gasteiger partial charge on any atom is 0.329 e. The molecule has 6 nitrogen and oxygen atoms in total. The number of rotatable bonds is 6. The zero-order chi connectivity index (χ0) is 14.3. The minimum Gasteiger partial charge on any atom is -0.494 e. The van der Waals surface area contributed by atoms with Gasteiger partial charge in [-0.15, -0.1) is 0 Å². The monoisotopic (exact) mass is 266 g/mol. The third-order valence-electron chi connectivity index (χ3n) is 2.45. The number of esters is 1. The van der Waals surface area contributed by atoms with Gasteiger partial charge in [-0.05, 0) is 31.2 Å². The van der Waals surface area contributed by atoms with Crippen LogP contribution < -0.4 is 15.8 Å². The molecule has 0 aromatic heterocycles. The van der Waals surface area contributed by atoms with Crippen molar-refractivity contribution in [3.63, 3.8) is 0 Å². The fourth-order valence-corrected chi connectivity index (χ4v) is 1.47. The van der Waals surface area contributed by atoms with Gasteiger partial charge in [-0.3, -0.25) is 4.79 Å². The number of hydrogen-bond acceptors (Lipinski definition) is 5. The second-order valence-electron chi connectivity index (χ2n) is 3.74. The zero-order valence-corrected chi connectivity index (χ0v) is 11.0. The second-order valence-corrected chi connectivity index (χ2v) is 3.74. The molecule has 0 heterocycles. The summed E-state index contributed by atoms with van der Waals surface area (Å²) in [6, 6.07) is 5.77. The molecule has 104 valence electrons. The average molecular weight is 266 g/mol. The Morgan fingerprint density at radius 2 is 1.95 bits per heavy atom. The summed E-state index contributed by atoms with van der Waals surface area (Å²) in [5, 5.41) is 2.51. The summed E-state index contributed by atoms with van der Waals surface area (Å²) in [5.74, 6) is -0.270. The standard InChI is InChI=1S/C13H18N2O4/c1-3-19-10-6-4-9(5-7-10)12(16)15-11(8-14)13(17)18-2/h4-7,11H,3,8,14H2,1-2H3,(H,15,16)/t11-/m0/s1. The molecule has 3 N–H and O–H groups in total. The Morgan fingerprint density at radius 3 is 2.42 bits per heavy atom. The molecule has 1 rings (SSSR count). The van der Waals surface area contributed by atoms with Crippen molar-refractivity contribution in [3.8, 4) is 5.75 Å². The highest BCUT2D eigenvalue weighted by Crippen LogP contribution is 2.12. The fourth-order valence-electron chi connectivity index (χ4n) is 1.47. The molecule has 6 heteroatoms. The quantitative estimate of drug-likeness (QED) is 0.723. The van der Waals surface area contributed by atoms with Gasteiger partial charge in [0.15, 0.2) is 0 Å². The predicted molar refractivity (Wildman–Crippen MR) is 69.9 cm³/mol. The van der Waals surface area contributed by atoms with Gasteiger partial charge in [-0.1, -0.05) is 0 Å². The van der Waals surface area contributed by atoms with E-state index in [2.05, 4.69) is 10.1 Å². The van der Waals surface area contributed by atoms with Gasteiger partial charge in [0.2, 0.25) is 0 Å².